The van der Waals surface area contributed by atoms with Gasteiger partial charge in [-0.3, -0.25) is 9.58 Å². The first-order valence-electron chi connectivity index (χ1n) is 3.88. The van der Waals surface area contributed by atoms with Crippen LogP contribution in [0.3, 0.4) is 0 Å². The van der Waals surface area contributed by atoms with Gasteiger partial charge in [0.25, 0.3) is 5.82 Å². The van der Waals surface area contributed by atoms with E-state index in [0.29, 0.717) is 10.1 Å². The first-order valence-corrected chi connectivity index (χ1v) is 3.88. The fraction of sp³-hybridized carbons (Fsp3) is 0.429. The van der Waals surface area contributed by atoms with E-state index in [0.717, 1.165) is 11.3 Å². The van der Waals surface area contributed by atoms with Crippen LogP contribution in [-0.2, 0) is 0 Å². The standard InChI is InChI=1S/C7H10N6/c1-13(2,3)7-5-6(9-4-8-5)10-12-11-7/h4H,1-3H3. The second-order valence-electron chi connectivity index (χ2n) is 3.67. The Balaban J connectivity index is 2.75. The van der Waals surface area contributed by atoms with Crippen LogP contribution in [0, 0.1) is 0 Å². The summed E-state index contributed by atoms with van der Waals surface area (Å²) in [6.07, 6.45) is 1.47. The second kappa shape index (κ2) is 2.46. The highest BCUT2D eigenvalue weighted by atomic mass is 15.4. The van der Waals surface area contributed by atoms with Gasteiger partial charge in [0.1, 0.15) is 0 Å². The average molecular weight is 178 g/mol. The maximum absolute atomic E-state index is 4.09. The van der Waals surface area contributed by atoms with E-state index in [2.05, 4.69) is 25.4 Å². The average Bonchev–Trinajstić information content (AvgIpc) is 2.48. The summed E-state index contributed by atoms with van der Waals surface area (Å²) in [6.45, 7) is 0. The summed E-state index contributed by atoms with van der Waals surface area (Å²) in [5.41, 5.74) is 1.28. The van der Waals surface area contributed by atoms with Crippen molar-refractivity contribution in [3.8, 4) is 0 Å². The van der Waals surface area contributed by atoms with Crippen molar-refractivity contribution in [3.05, 3.63) is 6.33 Å². The molecule has 2 heterocycles. The van der Waals surface area contributed by atoms with Gasteiger partial charge in [-0.25, -0.2) is 0 Å². The molecule has 0 saturated carbocycles. The van der Waals surface area contributed by atoms with Crippen LogP contribution in [0.5, 0.6) is 0 Å². The summed E-state index contributed by atoms with van der Waals surface area (Å²) in [4.78, 5) is 8.05. The molecular formula is C7H10N6. The largest absolute Gasteiger partial charge is 0.364 e. The van der Waals surface area contributed by atoms with E-state index in [-0.39, 0.29) is 0 Å². The Bertz CT molecular complexity index is 426. The van der Waals surface area contributed by atoms with Gasteiger partial charge >= 0.3 is 0 Å². The minimum atomic E-state index is 0.554. The third-order valence-corrected chi connectivity index (χ3v) is 1.70. The Morgan fingerprint density at radius 3 is 2.69 bits per heavy atom. The number of hydrogen-bond donors (Lipinski definition) is 0. The van der Waals surface area contributed by atoms with Gasteiger partial charge in [0.05, 0.1) is 26.7 Å². The van der Waals surface area contributed by atoms with Gasteiger partial charge in [-0.2, -0.15) is 0 Å². The van der Waals surface area contributed by atoms with Gasteiger partial charge in [0.2, 0.25) is 0 Å². The molecule has 0 saturated heterocycles. The molecule has 0 fully saturated rings. The first kappa shape index (κ1) is 8.06. The topological polar surface area (TPSA) is 65.7 Å². The molecule has 13 heavy (non-hydrogen) atoms. The zero-order chi connectivity index (χ0) is 9.47. The molecule has 0 N–H and O–H groups in total. The summed E-state index contributed by atoms with van der Waals surface area (Å²) >= 11 is 0. The summed E-state index contributed by atoms with van der Waals surface area (Å²) in [6, 6.07) is 0. The monoisotopic (exact) mass is 178 g/mol. The van der Waals surface area contributed by atoms with Crippen molar-refractivity contribution in [1.29, 1.82) is 0 Å². The SMILES string of the molecule is C[N+](C)(C)c1nnnc2[n-]cnc12. The van der Waals surface area contributed by atoms with Gasteiger partial charge in [-0.1, -0.05) is 5.10 Å². The van der Waals surface area contributed by atoms with E-state index in [9.17, 15) is 0 Å². The molecule has 0 bridgehead atoms. The van der Waals surface area contributed by atoms with E-state index in [4.69, 9.17) is 0 Å². The zero-order valence-corrected chi connectivity index (χ0v) is 7.76. The highest BCUT2D eigenvalue weighted by Gasteiger charge is 2.17. The smallest absolute Gasteiger partial charge is 0.257 e. The summed E-state index contributed by atoms with van der Waals surface area (Å²) in [7, 11) is 5.99. The molecular weight excluding hydrogens is 168 g/mol. The van der Waals surface area contributed by atoms with E-state index in [1.165, 1.54) is 6.33 Å². The Hall–Kier alpha value is -1.56. The summed E-state index contributed by atoms with van der Waals surface area (Å²) < 4.78 is 0.560. The number of aromatic nitrogens is 5. The molecule has 6 nitrogen and oxygen atoms in total. The van der Waals surface area contributed by atoms with Crippen LogP contribution in [0.25, 0.3) is 11.2 Å². The van der Waals surface area contributed by atoms with Gasteiger partial charge in [0, 0.05) is 5.65 Å². The Labute approximate surface area is 75.2 Å². The minimum Gasteiger partial charge on any atom is -0.364 e. The van der Waals surface area contributed by atoms with Crippen molar-refractivity contribution < 1.29 is 0 Å². The van der Waals surface area contributed by atoms with E-state index < -0.39 is 0 Å². The number of quaternary nitrogens is 1. The van der Waals surface area contributed by atoms with Gasteiger partial charge < -0.3 is 9.97 Å². The summed E-state index contributed by atoms with van der Waals surface area (Å²) in [5, 5.41) is 11.4. The van der Waals surface area contributed by atoms with E-state index in [1.54, 1.807) is 0 Å². The lowest BCUT2D eigenvalue weighted by atomic mass is 10.4. The van der Waals surface area contributed by atoms with Gasteiger partial charge in [-0.15, -0.1) is 5.21 Å². The van der Waals surface area contributed by atoms with Crippen molar-refractivity contribution >= 4 is 17.0 Å². The molecule has 0 unspecified atom stereocenters. The third kappa shape index (κ3) is 1.25. The fourth-order valence-electron chi connectivity index (χ4n) is 1.10. The lowest BCUT2D eigenvalue weighted by Gasteiger charge is -2.22. The predicted octanol–water partition coefficient (Wildman–Crippen LogP) is -0.426. The molecule has 0 aliphatic carbocycles. The van der Waals surface area contributed by atoms with Crippen LogP contribution >= 0.6 is 0 Å². The number of nitrogens with zero attached hydrogens (tertiary/aromatic N) is 6. The fourth-order valence-corrected chi connectivity index (χ4v) is 1.10. The lowest BCUT2D eigenvalue weighted by molar-refractivity contribution is 0.469. The van der Waals surface area contributed by atoms with Crippen molar-refractivity contribution in [2.45, 2.75) is 0 Å². The molecule has 0 aliphatic rings. The number of imidazole rings is 1. The number of fused-ring (bicyclic) bond motifs is 1. The summed E-state index contributed by atoms with van der Waals surface area (Å²) in [5.74, 6) is 0.780. The molecule has 0 aliphatic heterocycles. The molecule has 6 heteroatoms. The van der Waals surface area contributed by atoms with Crippen molar-refractivity contribution in [2.24, 2.45) is 0 Å². The Morgan fingerprint density at radius 1 is 1.23 bits per heavy atom. The number of rotatable bonds is 1. The zero-order valence-electron chi connectivity index (χ0n) is 7.76. The van der Waals surface area contributed by atoms with Crippen LogP contribution in [-0.4, -0.2) is 41.5 Å². The first-order chi connectivity index (χ1) is 6.09. The van der Waals surface area contributed by atoms with E-state index in [1.807, 2.05) is 21.1 Å². The predicted molar refractivity (Wildman–Crippen MR) is 48.0 cm³/mol. The maximum atomic E-state index is 4.09. The van der Waals surface area contributed by atoms with Crippen LogP contribution in [0.4, 0.5) is 5.82 Å². The molecule has 0 amide bonds. The second-order valence-corrected chi connectivity index (χ2v) is 3.67. The molecule has 68 valence electrons. The highest BCUT2D eigenvalue weighted by Crippen LogP contribution is 2.19. The van der Waals surface area contributed by atoms with Gasteiger partial charge in [-0.05, 0) is 6.33 Å². The van der Waals surface area contributed by atoms with Crippen molar-refractivity contribution in [3.63, 3.8) is 0 Å². The van der Waals surface area contributed by atoms with Crippen molar-refractivity contribution in [1.82, 2.24) is 29.9 Å². The molecule has 0 radical (unpaired) electrons. The van der Waals surface area contributed by atoms with Crippen LogP contribution < -0.4 is 9.47 Å². The molecule has 0 atom stereocenters. The van der Waals surface area contributed by atoms with Crippen LogP contribution in [0.2, 0.25) is 0 Å². The maximum Gasteiger partial charge on any atom is 0.257 e. The van der Waals surface area contributed by atoms with Gasteiger partial charge in [0.15, 0.2) is 0 Å². The van der Waals surface area contributed by atoms with Crippen LogP contribution in [0.15, 0.2) is 6.33 Å². The Morgan fingerprint density at radius 2 is 2.00 bits per heavy atom. The molecule has 2 aromatic rings. The molecule has 2 aromatic heterocycles. The molecule has 2 rings (SSSR count). The highest BCUT2D eigenvalue weighted by molar-refractivity contribution is 5.80. The normalized spacial score (nSPS) is 12.2. The lowest BCUT2D eigenvalue weighted by Crippen LogP contribution is -2.36. The number of hydrogen-bond acceptors (Lipinski definition) is 4. The molecule has 0 spiro atoms. The van der Waals surface area contributed by atoms with E-state index >= 15 is 0 Å². The van der Waals surface area contributed by atoms with Crippen LogP contribution in [0.1, 0.15) is 0 Å². The Kier molecular flexibility index (Phi) is 1.53. The minimum absolute atomic E-state index is 0.554. The quantitative estimate of drug-likeness (QED) is 0.554. The third-order valence-electron chi connectivity index (χ3n) is 1.70. The molecule has 0 aromatic carbocycles. The van der Waals surface area contributed by atoms with Crippen molar-refractivity contribution in [2.75, 3.05) is 21.1 Å².